The monoisotopic (exact) mass is 520 g/mol. The van der Waals surface area contributed by atoms with Crippen molar-refractivity contribution in [2.45, 2.75) is 56.1 Å². The summed E-state index contributed by atoms with van der Waals surface area (Å²) in [4.78, 5) is 24.1. The van der Waals surface area contributed by atoms with Crippen molar-refractivity contribution >= 4 is 34.1 Å². The second-order valence-electron chi connectivity index (χ2n) is 11.0. The summed E-state index contributed by atoms with van der Waals surface area (Å²) in [6.45, 7) is 4.87. The van der Waals surface area contributed by atoms with E-state index < -0.39 is 6.10 Å². The summed E-state index contributed by atoms with van der Waals surface area (Å²) in [7, 11) is 0. The van der Waals surface area contributed by atoms with Crippen LogP contribution >= 0.6 is 11.6 Å². The van der Waals surface area contributed by atoms with Crippen molar-refractivity contribution in [3.05, 3.63) is 65.1 Å². The van der Waals surface area contributed by atoms with Gasteiger partial charge in [0.25, 0.3) is 0 Å². The predicted octanol–water partition coefficient (Wildman–Crippen LogP) is 4.74. The number of hydrogen-bond donors (Lipinski definition) is 2. The average molecular weight is 521 g/mol. The maximum absolute atomic E-state index is 12.8. The molecule has 1 aliphatic carbocycles. The van der Waals surface area contributed by atoms with Crippen molar-refractivity contribution in [2.24, 2.45) is 5.92 Å². The number of ether oxygens (including phenoxy) is 1. The molecule has 1 amide bonds. The van der Waals surface area contributed by atoms with E-state index in [1.165, 1.54) is 0 Å². The number of anilines is 1. The number of fused-ring (bicyclic) bond motifs is 1. The number of aliphatic hydroxyl groups is 1. The molecule has 3 aromatic rings. The number of benzene rings is 1. The Morgan fingerprint density at radius 3 is 2.65 bits per heavy atom. The Morgan fingerprint density at radius 2 is 1.95 bits per heavy atom. The van der Waals surface area contributed by atoms with E-state index in [0.717, 1.165) is 65.8 Å². The highest BCUT2D eigenvalue weighted by molar-refractivity contribution is 6.32. The lowest BCUT2D eigenvalue weighted by Gasteiger charge is -2.43. The molecule has 2 N–H and O–H groups in total. The Kier molecular flexibility index (Phi) is 6.65. The maximum Gasteiger partial charge on any atom is 0.228 e. The van der Waals surface area contributed by atoms with Crippen LogP contribution in [0.3, 0.4) is 0 Å². The Morgan fingerprint density at radius 1 is 1.14 bits per heavy atom. The maximum atomic E-state index is 12.8. The molecule has 0 unspecified atom stereocenters. The second-order valence-corrected chi connectivity index (χ2v) is 11.5. The number of aliphatic hydroxyl groups excluding tert-OH is 1. The summed E-state index contributed by atoms with van der Waals surface area (Å²) >= 11 is 6.73. The van der Waals surface area contributed by atoms with Crippen molar-refractivity contribution in [1.82, 2.24) is 14.9 Å². The highest BCUT2D eigenvalue weighted by Gasteiger charge is 2.45. The van der Waals surface area contributed by atoms with Gasteiger partial charge in [-0.3, -0.25) is 14.7 Å². The molecule has 7 nitrogen and oxygen atoms in total. The molecule has 1 aromatic carbocycles. The molecule has 194 valence electrons. The Labute approximate surface area is 222 Å². The van der Waals surface area contributed by atoms with Crippen LogP contribution in [-0.4, -0.2) is 63.8 Å². The first-order valence-corrected chi connectivity index (χ1v) is 13.6. The van der Waals surface area contributed by atoms with E-state index in [1.54, 1.807) is 12.4 Å². The van der Waals surface area contributed by atoms with Gasteiger partial charge in [0, 0.05) is 40.3 Å². The first-order chi connectivity index (χ1) is 17.9. The molecule has 0 radical (unpaired) electrons. The number of aromatic nitrogens is 2. The van der Waals surface area contributed by atoms with E-state index >= 15 is 0 Å². The lowest BCUT2D eigenvalue weighted by Crippen LogP contribution is -2.56. The highest BCUT2D eigenvalue weighted by Crippen LogP contribution is 2.42. The van der Waals surface area contributed by atoms with Crippen LogP contribution < -0.4 is 5.32 Å². The summed E-state index contributed by atoms with van der Waals surface area (Å²) in [6.07, 6.45) is 6.72. The van der Waals surface area contributed by atoms with Gasteiger partial charge in [0.2, 0.25) is 5.91 Å². The quantitative estimate of drug-likeness (QED) is 0.505. The molecule has 1 saturated carbocycles. The zero-order valence-electron chi connectivity index (χ0n) is 21.1. The van der Waals surface area contributed by atoms with Crippen LogP contribution in [-0.2, 0) is 9.53 Å². The molecular weight excluding hydrogens is 488 g/mol. The topological polar surface area (TPSA) is 87.6 Å². The molecule has 3 aliphatic rings. The summed E-state index contributed by atoms with van der Waals surface area (Å²) in [6, 6.07) is 12.0. The third kappa shape index (κ3) is 4.74. The van der Waals surface area contributed by atoms with Gasteiger partial charge < -0.3 is 15.2 Å². The zero-order chi connectivity index (χ0) is 25.6. The van der Waals surface area contributed by atoms with Crippen molar-refractivity contribution in [2.75, 3.05) is 31.6 Å². The molecule has 2 saturated heterocycles. The summed E-state index contributed by atoms with van der Waals surface area (Å²) in [5.74, 6) is 1.28. The number of nitrogens with one attached hydrogen (secondary N) is 1. The third-order valence-corrected chi connectivity index (χ3v) is 9.08. The minimum atomic E-state index is -0.449. The van der Waals surface area contributed by atoms with Crippen molar-refractivity contribution in [1.29, 1.82) is 0 Å². The van der Waals surface area contributed by atoms with E-state index in [1.807, 2.05) is 30.3 Å². The summed E-state index contributed by atoms with van der Waals surface area (Å²) in [5, 5.41) is 16.2. The standard InChI is InChI=1S/C29H33ClN4O3/c1-29(17-37-16-26(29)35)34-8-5-18(6-9-34)23-12-19-14-27(32-15-22(19)13-24(23)30)33-28(36)21-10-20(11-21)25-4-2-3-7-31-25/h2-4,7,12-15,18,20-21,26,35H,5-6,8-11,16-17H2,1H3,(H,32,33,36)/t20?,21?,26-,29+/m0/s1. The normalized spacial score (nSPS) is 28.8. The molecule has 37 heavy (non-hydrogen) atoms. The lowest BCUT2D eigenvalue weighted by molar-refractivity contribution is -0.122. The molecule has 0 spiro atoms. The van der Waals surface area contributed by atoms with Crippen LogP contribution in [0, 0.1) is 5.92 Å². The van der Waals surface area contributed by atoms with E-state index in [2.05, 4.69) is 33.2 Å². The number of carbonyl (C=O) groups excluding carboxylic acids is 1. The molecule has 3 fully saturated rings. The second kappa shape index (κ2) is 9.95. The first-order valence-electron chi connectivity index (χ1n) is 13.2. The predicted molar refractivity (Wildman–Crippen MR) is 144 cm³/mol. The van der Waals surface area contributed by atoms with Gasteiger partial charge >= 0.3 is 0 Å². The van der Waals surface area contributed by atoms with Crippen LogP contribution in [0.25, 0.3) is 10.8 Å². The van der Waals surface area contributed by atoms with Crippen LogP contribution in [0.4, 0.5) is 5.82 Å². The van der Waals surface area contributed by atoms with Gasteiger partial charge in [0.15, 0.2) is 0 Å². The summed E-state index contributed by atoms with van der Waals surface area (Å²) < 4.78 is 5.54. The van der Waals surface area contributed by atoms with Gasteiger partial charge in [-0.15, -0.1) is 0 Å². The van der Waals surface area contributed by atoms with Crippen molar-refractivity contribution in [3.63, 3.8) is 0 Å². The smallest absolute Gasteiger partial charge is 0.228 e. The number of pyridine rings is 2. The molecule has 6 rings (SSSR count). The molecule has 2 atom stereocenters. The van der Waals surface area contributed by atoms with E-state index in [9.17, 15) is 9.90 Å². The fourth-order valence-electron chi connectivity index (χ4n) is 6.14. The van der Waals surface area contributed by atoms with E-state index in [4.69, 9.17) is 16.3 Å². The van der Waals surface area contributed by atoms with Gasteiger partial charge in [0.05, 0.1) is 24.9 Å². The number of piperidine rings is 1. The van der Waals surface area contributed by atoms with Gasteiger partial charge in [0.1, 0.15) is 5.82 Å². The van der Waals surface area contributed by atoms with Crippen LogP contribution in [0.5, 0.6) is 0 Å². The number of carbonyl (C=O) groups is 1. The van der Waals surface area contributed by atoms with E-state index in [0.29, 0.717) is 30.9 Å². The Balaban J connectivity index is 1.12. The van der Waals surface area contributed by atoms with Crippen LogP contribution in [0.1, 0.15) is 55.7 Å². The largest absolute Gasteiger partial charge is 0.389 e. The minimum absolute atomic E-state index is 0.0129. The third-order valence-electron chi connectivity index (χ3n) is 8.75. The Hall–Kier alpha value is -2.58. The SMILES string of the molecule is C[C@@]1(N2CCC(c3cc4cc(NC(=O)C5CC(c6ccccn6)C5)ncc4cc3Cl)CC2)COC[C@@H]1O. The fourth-order valence-corrected chi connectivity index (χ4v) is 6.47. The number of halogens is 1. The highest BCUT2D eigenvalue weighted by atomic mass is 35.5. The zero-order valence-corrected chi connectivity index (χ0v) is 21.8. The number of hydrogen-bond acceptors (Lipinski definition) is 6. The molecule has 0 bridgehead atoms. The van der Waals surface area contributed by atoms with E-state index in [-0.39, 0.29) is 17.4 Å². The molecule has 2 aliphatic heterocycles. The number of nitrogens with zero attached hydrogens (tertiary/aromatic N) is 3. The Bertz CT molecular complexity index is 1290. The van der Waals surface area contributed by atoms with Crippen LogP contribution in [0.15, 0.2) is 48.8 Å². The van der Waals surface area contributed by atoms with Crippen molar-refractivity contribution < 1.29 is 14.6 Å². The molecule has 2 aromatic heterocycles. The average Bonchev–Trinajstić information content (AvgIpc) is 3.22. The fraction of sp³-hybridized carbons (Fsp3) is 0.483. The van der Waals surface area contributed by atoms with Crippen molar-refractivity contribution in [3.8, 4) is 0 Å². The van der Waals surface area contributed by atoms with Gasteiger partial charge in [-0.25, -0.2) is 4.98 Å². The van der Waals surface area contributed by atoms with Crippen LogP contribution in [0.2, 0.25) is 5.02 Å². The summed E-state index contributed by atoms with van der Waals surface area (Å²) in [5.41, 5.74) is 1.89. The lowest BCUT2D eigenvalue weighted by atomic mass is 9.72. The molecule has 4 heterocycles. The number of amides is 1. The number of rotatable bonds is 5. The van der Waals surface area contributed by atoms with Gasteiger partial charge in [-0.2, -0.15) is 0 Å². The molecule has 8 heteroatoms. The first kappa shape index (κ1) is 24.7. The minimum Gasteiger partial charge on any atom is -0.389 e. The van der Waals surface area contributed by atoms with Gasteiger partial charge in [-0.05, 0) is 92.9 Å². The molecular formula is C29H33ClN4O3. The number of likely N-dealkylation sites (tertiary alicyclic amines) is 1. The van der Waals surface area contributed by atoms with Gasteiger partial charge in [-0.1, -0.05) is 17.7 Å².